The second-order valence-corrected chi connectivity index (χ2v) is 3.24. The maximum atomic E-state index is 13.0. The molecule has 0 aliphatic heterocycles. The van der Waals surface area contributed by atoms with Crippen LogP contribution in [0.2, 0.25) is 0 Å². The first-order chi connectivity index (χ1) is 7.97. The van der Waals surface area contributed by atoms with Gasteiger partial charge in [0.25, 0.3) is 11.6 Å². The Bertz CT molecular complexity index is 510. The van der Waals surface area contributed by atoms with Crippen molar-refractivity contribution in [3.8, 4) is 6.07 Å². The zero-order valence-corrected chi connectivity index (χ0v) is 8.88. The lowest BCUT2D eigenvalue weighted by Crippen LogP contribution is -2.27. The van der Waals surface area contributed by atoms with Crippen molar-refractivity contribution in [3.05, 3.63) is 39.7 Å². The third-order valence-electron chi connectivity index (χ3n) is 2.04. The van der Waals surface area contributed by atoms with Crippen LogP contribution in [-0.4, -0.2) is 29.3 Å². The molecular weight excluding hydrogens is 229 g/mol. The van der Waals surface area contributed by atoms with E-state index >= 15 is 0 Å². The van der Waals surface area contributed by atoms with E-state index < -0.39 is 22.3 Å². The molecule has 0 fully saturated rings. The van der Waals surface area contributed by atoms with Crippen molar-refractivity contribution < 1.29 is 14.1 Å². The second-order valence-electron chi connectivity index (χ2n) is 3.24. The van der Waals surface area contributed by atoms with Crippen LogP contribution in [0.15, 0.2) is 18.2 Å². The molecule has 1 rings (SSSR count). The summed E-state index contributed by atoms with van der Waals surface area (Å²) in [5, 5.41) is 19.1. The predicted molar refractivity (Wildman–Crippen MR) is 55.6 cm³/mol. The molecule has 1 aromatic rings. The van der Waals surface area contributed by atoms with Gasteiger partial charge in [0.2, 0.25) is 0 Å². The van der Waals surface area contributed by atoms with Crippen LogP contribution in [0.3, 0.4) is 0 Å². The molecule has 0 aromatic heterocycles. The molecule has 0 unspecified atom stereocenters. The van der Waals surface area contributed by atoms with E-state index in [1.165, 1.54) is 7.05 Å². The van der Waals surface area contributed by atoms with Crippen LogP contribution < -0.4 is 0 Å². The number of nitrogens with zero attached hydrogens (tertiary/aromatic N) is 3. The van der Waals surface area contributed by atoms with Crippen LogP contribution in [0.4, 0.5) is 10.1 Å². The predicted octanol–water partition coefficient (Wildman–Crippen LogP) is 1.33. The zero-order chi connectivity index (χ0) is 13.0. The molecule has 6 nitrogen and oxygen atoms in total. The molecule has 1 aromatic carbocycles. The molecule has 0 spiro atoms. The number of carbonyl (C=O) groups is 1. The number of halogens is 1. The van der Waals surface area contributed by atoms with Gasteiger partial charge in [0.1, 0.15) is 17.9 Å². The summed E-state index contributed by atoms with van der Waals surface area (Å²) >= 11 is 0. The van der Waals surface area contributed by atoms with E-state index in [0.717, 1.165) is 23.1 Å². The van der Waals surface area contributed by atoms with Gasteiger partial charge in [0.05, 0.1) is 11.0 Å². The monoisotopic (exact) mass is 237 g/mol. The summed E-state index contributed by atoms with van der Waals surface area (Å²) in [6.07, 6.45) is 0. The maximum Gasteiger partial charge on any atom is 0.282 e. The summed E-state index contributed by atoms with van der Waals surface area (Å²) in [5.41, 5.74) is -0.853. The number of benzene rings is 1. The summed E-state index contributed by atoms with van der Waals surface area (Å²) in [6.45, 7) is -0.230. The molecule has 0 saturated carbocycles. The highest BCUT2D eigenvalue weighted by atomic mass is 19.1. The molecule has 88 valence electrons. The van der Waals surface area contributed by atoms with Crippen molar-refractivity contribution >= 4 is 11.6 Å². The van der Waals surface area contributed by atoms with E-state index in [1.807, 2.05) is 0 Å². The van der Waals surface area contributed by atoms with E-state index in [2.05, 4.69) is 0 Å². The Kier molecular flexibility index (Phi) is 3.72. The summed E-state index contributed by atoms with van der Waals surface area (Å²) in [4.78, 5) is 22.6. The third kappa shape index (κ3) is 2.75. The normalized spacial score (nSPS) is 9.47. The van der Waals surface area contributed by atoms with Gasteiger partial charge in [-0.25, -0.2) is 4.39 Å². The minimum atomic E-state index is -0.771. The van der Waals surface area contributed by atoms with E-state index in [-0.39, 0.29) is 12.1 Å². The molecule has 0 N–H and O–H groups in total. The van der Waals surface area contributed by atoms with Gasteiger partial charge in [-0.1, -0.05) is 0 Å². The van der Waals surface area contributed by atoms with Gasteiger partial charge in [0.15, 0.2) is 0 Å². The molecule has 17 heavy (non-hydrogen) atoms. The van der Waals surface area contributed by atoms with E-state index in [4.69, 9.17) is 5.26 Å². The Morgan fingerprint density at radius 1 is 1.65 bits per heavy atom. The van der Waals surface area contributed by atoms with Gasteiger partial charge >= 0.3 is 0 Å². The van der Waals surface area contributed by atoms with Gasteiger partial charge in [-0.2, -0.15) is 5.26 Å². The topological polar surface area (TPSA) is 87.2 Å². The molecule has 0 atom stereocenters. The van der Waals surface area contributed by atoms with Gasteiger partial charge < -0.3 is 4.90 Å². The van der Waals surface area contributed by atoms with Crippen LogP contribution in [0.1, 0.15) is 10.4 Å². The van der Waals surface area contributed by atoms with Crippen LogP contribution >= 0.6 is 0 Å². The number of nitro groups is 1. The summed E-state index contributed by atoms with van der Waals surface area (Å²) < 4.78 is 13.0. The summed E-state index contributed by atoms with van der Waals surface area (Å²) in [7, 11) is 1.31. The van der Waals surface area contributed by atoms with Gasteiger partial charge in [-0.15, -0.1) is 0 Å². The van der Waals surface area contributed by atoms with Gasteiger partial charge in [-0.05, 0) is 12.1 Å². The Labute approximate surface area is 96.0 Å². The standard InChI is InChI=1S/C10H8FN3O3/c1-13(5-4-12)10(15)8-6-7(11)2-3-9(8)14(16)17/h2-3,6H,5H2,1H3. The van der Waals surface area contributed by atoms with Gasteiger partial charge in [0, 0.05) is 13.1 Å². The lowest BCUT2D eigenvalue weighted by Gasteiger charge is -2.12. The molecule has 7 heteroatoms. The highest BCUT2D eigenvalue weighted by Gasteiger charge is 2.23. The highest BCUT2D eigenvalue weighted by Crippen LogP contribution is 2.20. The van der Waals surface area contributed by atoms with E-state index in [9.17, 15) is 19.3 Å². The van der Waals surface area contributed by atoms with E-state index in [0.29, 0.717) is 0 Å². The summed E-state index contributed by atoms with van der Waals surface area (Å²) in [5.74, 6) is -1.51. The average Bonchev–Trinajstić information content (AvgIpc) is 2.27. The number of rotatable bonds is 3. The SMILES string of the molecule is CN(CC#N)C(=O)c1cc(F)ccc1[N+](=O)[O-]. The smallest absolute Gasteiger partial charge is 0.282 e. The molecule has 0 aliphatic carbocycles. The van der Waals surface area contributed by atoms with Crippen LogP contribution in [0.25, 0.3) is 0 Å². The number of nitriles is 1. The number of hydrogen-bond acceptors (Lipinski definition) is 4. The number of amides is 1. The Hall–Kier alpha value is -2.49. The largest absolute Gasteiger partial charge is 0.328 e. The molecule has 1 amide bonds. The molecule has 0 aliphatic rings. The quantitative estimate of drug-likeness (QED) is 0.450. The van der Waals surface area contributed by atoms with Crippen LogP contribution in [0.5, 0.6) is 0 Å². The van der Waals surface area contributed by atoms with Crippen LogP contribution in [0, 0.1) is 27.3 Å². The third-order valence-corrected chi connectivity index (χ3v) is 2.04. The Morgan fingerprint density at radius 2 is 2.29 bits per heavy atom. The minimum absolute atomic E-state index is 0.230. The fourth-order valence-electron chi connectivity index (χ4n) is 1.22. The van der Waals surface area contributed by atoms with Crippen molar-refractivity contribution in [1.29, 1.82) is 5.26 Å². The fourth-order valence-corrected chi connectivity index (χ4v) is 1.22. The highest BCUT2D eigenvalue weighted by molar-refractivity contribution is 5.98. The first-order valence-corrected chi connectivity index (χ1v) is 4.53. The molecule has 0 radical (unpaired) electrons. The van der Waals surface area contributed by atoms with Crippen molar-refractivity contribution in [3.63, 3.8) is 0 Å². The molecular formula is C10H8FN3O3. The molecule has 0 bridgehead atoms. The fraction of sp³-hybridized carbons (Fsp3) is 0.200. The van der Waals surface area contributed by atoms with Crippen LogP contribution in [-0.2, 0) is 0 Å². The van der Waals surface area contributed by atoms with Crippen molar-refractivity contribution in [2.45, 2.75) is 0 Å². The first kappa shape index (κ1) is 12.6. The minimum Gasteiger partial charge on any atom is -0.328 e. The van der Waals surface area contributed by atoms with Crippen molar-refractivity contribution in [2.75, 3.05) is 13.6 Å². The van der Waals surface area contributed by atoms with Crippen molar-refractivity contribution in [1.82, 2.24) is 4.90 Å². The van der Waals surface area contributed by atoms with E-state index in [1.54, 1.807) is 6.07 Å². The zero-order valence-electron chi connectivity index (χ0n) is 8.88. The number of carbonyl (C=O) groups excluding carboxylic acids is 1. The molecule has 0 saturated heterocycles. The first-order valence-electron chi connectivity index (χ1n) is 4.53. The average molecular weight is 237 g/mol. The van der Waals surface area contributed by atoms with Gasteiger partial charge in [-0.3, -0.25) is 14.9 Å². The number of hydrogen-bond donors (Lipinski definition) is 0. The Balaban J connectivity index is 3.20. The Morgan fingerprint density at radius 3 is 2.82 bits per heavy atom. The summed E-state index contributed by atoms with van der Waals surface area (Å²) in [6, 6.07) is 4.33. The lowest BCUT2D eigenvalue weighted by atomic mass is 10.1. The molecule has 0 heterocycles. The van der Waals surface area contributed by atoms with Crippen molar-refractivity contribution in [2.24, 2.45) is 0 Å². The lowest BCUT2D eigenvalue weighted by molar-refractivity contribution is -0.385. The maximum absolute atomic E-state index is 13.0. The second kappa shape index (κ2) is 5.03. The number of nitro benzene ring substituents is 1.